The van der Waals surface area contributed by atoms with E-state index in [0.717, 1.165) is 29.5 Å². The lowest BCUT2D eigenvalue weighted by Crippen LogP contribution is -2.27. The van der Waals surface area contributed by atoms with Crippen LogP contribution in [0.4, 0.5) is 5.69 Å². The van der Waals surface area contributed by atoms with Gasteiger partial charge in [-0.1, -0.05) is 12.1 Å². The first-order valence-electron chi connectivity index (χ1n) is 9.62. The van der Waals surface area contributed by atoms with E-state index in [9.17, 15) is 9.59 Å². The van der Waals surface area contributed by atoms with Gasteiger partial charge in [-0.3, -0.25) is 4.79 Å². The molecule has 1 saturated carbocycles. The van der Waals surface area contributed by atoms with Crippen molar-refractivity contribution in [2.45, 2.75) is 25.2 Å². The second-order valence-electron chi connectivity index (χ2n) is 7.60. The molecule has 2 N–H and O–H groups in total. The molecule has 3 aromatic rings. The Labute approximate surface area is 173 Å². The molecule has 1 amide bonds. The molecule has 0 atom stereocenters. The van der Waals surface area contributed by atoms with E-state index in [2.05, 4.69) is 5.32 Å². The molecule has 0 unspecified atom stereocenters. The second kappa shape index (κ2) is 6.66. The first kappa shape index (κ1) is 18.3. The molecule has 7 nitrogen and oxygen atoms in total. The summed E-state index contributed by atoms with van der Waals surface area (Å²) >= 11 is 0. The van der Waals surface area contributed by atoms with Crippen LogP contribution in [0.15, 0.2) is 52.9 Å². The van der Waals surface area contributed by atoms with Gasteiger partial charge in [0.2, 0.25) is 18.5 Å². The number of carboxylic acids is 1. The predicted molar refractivity (Wildman–Crippen MR) is 110 cm³/mol. The van der Waals surface area contributed by atoms with Crippen LogP contribution < -0.4 is 14.8 Å². The zero-order valence-corrected chi connectivity index (χ0v) is 16.2. The van der Waals surface area contributed by atoms with Crippen LogP contribution in [0.5, 0.6) is 11.5 Å². The molecule has 1 fully saturated rings. The van der Waals surface area contributed by atoms with Crippen LogP contribution in [0.2, 0.25) is 0 Å². The number of nitrogens with one attached hydrogen (secondary N) is 1. The first-order chi connectivity index (χ1) is 14.5. The van der Waals surface area contributed by atoms with Gasteiger partial charge in [-0.2, -0.15) is 0 Å². The smallest absolute Gasteiger partial charge is 0.371 e. The number of carbonyl (C=O) groups excluding carboxylic acids is 1. The van der Waals surface area contributed by atoms with Crippen LogP contribution in [0.3, 0.4) is 0 Å². The van der Waals surface area contributed by atoms with Gasteiger partial charge in [-0.15, -0.1) is 0 Å². The molecule has 0 saturated heterocycles. The summed E-state index contributed by atoms with van der Waals surface area (Å²) in [5, 5.41) is 12.1. The molecule has 5 rings (SSSR count). The van der Waals surface area contributed by atoms with Gasteiger partial charge in [0.05, 0.1) is 5.41 Å². The lowest BCUT2D eigenvalue weighted by atomic mass is 9.94. The maximum atomic E-state index is 13.1. The molecule has 2 aliphatic rings. The predicted octanol–water partition coefficient (Wildman–Crippen LogP) is 4.60. The van der Waals surface area contributed by atoms with Crippen LogP contribution in [0, 0.1) is 6.92 Å². The Morgan fingerprint density at radius 3 is 2.57 bits per heavy atom. The Hall–Kier alpha value is -3.74. The van der Waals surface area contributed by atoms with Crippen LogP contribution in [-0.2, 0) is 10.2 Å². The molecule has 0 radical (unpaired) electrons. The Balaban J connectivity index is 0.00000231. The van der Waals surface area contributed by atoms with Gasteiger partial charge in [-0.25, -0.2) is 4.79 Å². The number of amides is 1. The first-order valence-corrected chi connectivity index (χ1v) is 9.62. The fourth-order valence-electron chi connectivity index (χ4n) is 3.78. The number of anilines is 1. The maximum absolute atomic E-state index is 13.1. The number of aromatic carboxylic acids is 1. The molecule has 0 spiro atoms. The average molecular weight is 407 g/mol. The summed E-state index contributed by atoms with van der Waals surface area (Å²) in [7, 11) is 0. The standard InChI is InChI=1S/C23H19NO6.H2/c1-13-2-4-15(11-16(13)17-6-7-19(30-17)21(25)26)24-22(27)23(8-9-23)14-3-5-18-20(10-14)29-12-28-18;/h2-7,10-11H,8-9,12H2,1H3,(H,24,27)(H,25,26);1H. The normalized spacial score (nSPS) is 15.6. The van der Waals surface area contributed by atoms with Crippen molar-refractivity contribution in [2.24, 2.45) is 0 Å². The lowest BCUT2D eigenvalue weighted by Gasteiger charge is -2.17. The third-order valence-electron chi connectivity index (χ3n) is 5.69. The highest BCUT2D eigenvalue weighted by Crippen LogP contribution is 2.51. The third-order valence-corrected chi connectivity index (χ3v) is 5.69. The van der Waals surface area contributed by atoms with E-state index < -0.39 is 11.4 Å². The molecule has 1 aromatic heterocycles. The Morgan fingerprint density at radius 2 is 1.83 bits per heavy atom. The Kier molecular flexibility index (Phi) is 4.06. The minimum Gasteiger partial charge on any atom is -0.475 e. The third kappa shape index (κ3) is 2.99. The summed E-state index contributed by atoms with van der Waals surface area (Å²) in [5.74, 6) is 0.467. The van der Waals surface area contributed by atoms with E-state index in [-0.39, 0.29) is 19.9 Å². The Bertz CT molecular complexity index is 1180. The second-order valence-corrected chi connectivity index (χ2v) is 7.60. The number of aryl methyl sites for hydroxylation is 1. The van der Waals surface area contributed by atoms with Crippen molar-refractivity contribution < 1.29 is 30.0 Å². The molecule has 1 aliphatic heterocycles. The number of hydrogen-bond acceptors (Lipinski definition) is 5. The van der Waals surface area contributed by atoms with Crippen LogP contribution >= 0.6 is 0 Å². The minimum absolute atomic E-state index is 0. The Morgan fingerprint density at radius 1 is 1.03 bits per heavy atom. The highest BCUT2D eigenvalue weighted by atomic mass is 16.7. The van der Waals surface area contributed by atoms with Gasteiger partial charge < -0.3 is 24.3 Å². The fraction of sp³-hybridized carbons (Fsp3) is 0.217. The van der Waals surface area contributed by atoms with Crippen molar-refractivity contribution in [2.75, 3.05) is 12.1 Å². The average Bonchev–Trinajstić information content (AvgIpc) is 3.17. The van der Waals surface area contributed by atoms with E-state index in [1.807, 2.05) is 37.3 Å². The molecular formula is C23H21NO6. The van der Waals surface area contributed by atoms with Crippen molar-refractivity contribution >= 4 is 17.6 Å². The van der Waals surface area contributed by atoms with Crippen molar-refractivity contribution in [3.05, 3.63) is 65.4 Å². The summed E-state index contributed by atoms with van der Waals surface area (Å²) in [6.45, 7) is 2.10. The van der Waals surface area contributed by atoms with E-state index >= 15 is 0 Å². The minimum atomic E-state index is -1.12. The van der Waals surface area contributed by atoms with Crippen molar-refractivity contribution in [3.63, 3.8) is 0 Å². The molecule has 7 heteroatoms. The lowest BCUT2D eigenvalue weighted by molar-refractivity contribution is -0.118. The molecule has 30 heavy (non-hydrogen) atoms. The molecule has 2 heterocycles. The van der Waals surface area contributed by atoms with E-state index in [1.54, 1.807) is 12.1 Å². The van der Waals surface area contributed by atoms with Gasteiger partial charge in [0.15, 0.2) is 11.5 Å². The number of furan rings is 1. The van der Waals surface area contributed by atoms with Crippen LogP contribution in [0.25, 0.3) is 11.3 Å². The SMILES string of the molecule is Cc1ccc(NC(=O)C2(c3ccc4c(c3)OCO4)CC2)cc1-c1ccc(C(=O)O)o1.[HH]. The highest BCUT2D eigenvalue weighted by molar-refractivity contribution is 6.02. The van der Waals surface area contributed by atoms with E-state index in [0.29, 0.717) is 22.9 Å². The number of rotatable bonds is 5. The summed E-state index contributed by atoms with van der Waals surface area (Å²) in [5.41, 5.74) is 2.60. The zero-order chi connectivity index (χ0) is 20.9. The number of carboxylic acid groups (broad SMARTS) is 1. The molecule has 1 aliphatic carbocycles. The summed E-state index contributed by atoms with van der Waals surface area (Å²) in [4.78, 5) is 24.2. The monoisotopic (exact) mass is 407 g/mol. The van der Waals surface area contributed by atoms with Crippen LogP contribution in [0.1, 0.15) is 35.9 Å². The van der Waals surface area contributed by atoms with Gasteiger partial charge in [0.1, 0.15) is 5.76 Å². The topological polar surface area (TPSA) is 98.0 Å². The molecule has 0 bridgehead atoms. The van der Waals surface area contributed by atoms with Gasteiger partial charge >= 0.3 is 5.97 Å². The van der Waals surface area contributed by atoms with E-state index in [1.165, 1.54) is 6.07 Å². The summed E-state index contributed by atoms with van der Waals surface area (Å²) in [6, 6.07) is 14.2. The molecule has 154 valence electrons. The number of benzene rings is 2. The van der Waals surface area contributed by atoms with Gasteiger partial charge in [0, 0.05) is 12.7 Å². The summed E-state index contributed by atoms with van der Waals surface area (Å²) < 4.78 is 16.2. The van der Waals surface area contributed by atoms with Crippen molar-refractivity contribution in [3.8, 4) is 22.8 Å². The zero-order valence-electron chi connectivity index (χ0n) is 16.2. The largest absolute Gasteiger partial charge is 0.475 e. The van der Waals surface area contributed by atoms with E-state index in [4.69, 9.17) is 19.0 Å². The molecular weight excluding hydrogens is 386 g/mol. The van der Waals surface area contributed by atoms with Crippen molar-refractivity contribution in [1.29, 1.82) is 0 Å². The number of ether oxygens (including phenoxy) is 2. The maximum Gasteiger partial charge on any atom is 0.371 e. The highest BCUT2D eigenvalue weighted by Gasteiger charge is 2.51. The summed E-state index contributed by atoms with van der Waals surface area (Å²) in [6.07, 6.45) is 1.52. The van der Waals surface area contributed by atoms with Crippen molar-refractivity contribution in [1.82, 2.24) is 0 Å². The molecule has 2 aromatic carbocycles. The van der Waals surface area contributed by atoms with Gasteiger partial charge in [-0.05, 0) is 67.3 Å². The number of fused-ring (bicyclic) bond motifs is 1. The van der Waals surface area contributed by atoms with Crippen LogP contribution in [-0.4, -0.2) is 23.8 Å². The number of hydrogen-bond donors (Lipinski definition) is 2. The quantitative estimate of drug-likeness (QED) is 0.642. The fourth-order valence-corrected chi connectivity index (χ4v) is 3.78. The number of carbonyl (C=O) groups is 2. The van der Waals surface area contributed by atoms with Gasteiger partial charge in [0.25, 0.3) is 0 Å².